The van der Waals surface area contributed by atoms with Gasteiger partial charge in [0, 0.05) is 6.54 Å². The second kappa shape index (κ2) is 7.32. The Kier molecular flexibility index (Phi) is 5.97. The van der Waals surface area contributed by atoms with E-state index in [1.807, 2.05) is 0 Å². The molecule has 0 aliphatic heterocycles. The zero-order chi connectivity index (χ0) is 17.8. The number of amides is 1. The molecule has 9 nitrogen and oxygen atoms in total. The van der Waals surface area contributed by atoms with Crippen LogP contribution >= 0.6 is 11.6 Å². The summed E-state index contributed by atoms with van der Waals surface area (Å²) in [6.07, 6.45) is -0.837. The number of ether oxygens (including phenoxy) is 1. The lowest BCUT2D eigenvalue weighted by Gasteiger charge is -2.22. The van der Waals surface area contributed by atoms with Crippen LogP contribution in [0.25, 0.3) is 0 Å². The molecule has 0 spiro atoms. The highest BCUT2D eigenvalue weighted by Crippen LogP contribution is 2.23. The summed E-state index contributed by atoms with van der Waals surface area (Å²) in [5, 5.41) is 14.2. The minimum Gasteiger partial charge on any atom is -0.480 e. The Labute approximate surface area is 138 Å². The highest BCUT2D eigenvalue weighted by atomic mass is 35.5. The third-order valence-electron chi connectivity index (χ3n) is 2.47. The van der Waals surface area contributed by atoms with Crippen LogP contribution in [-0.4, -0.2) is 45.3 Å². The third kappa shape index (κ3) is 6.15. The van der Waals surface area contributed by atoms with Gasteiger partial charge in [-0.05, 0) is 27.7 Å². The van der Waals surface area contributed by atoms with E-state index in [2.05, 4.69) is 20.6 Å². The van der Waals surface area contributed by atoms with E-state index >= 15 is 0 Å². The van der Waals surface area contributed by atoms with Crippen molar-refractivity contribution in [3.63, 3.8) is 0 Å². The number of carboxylic acids is 1. The topological polar surface area (TPSA) is 139 Å². The smallest absolute Gasteiger partial charge is 0.408 e. The number of nitrogens with one attached hydrogen (secondary N) is 2. The average Bonchev–Trinajstić information content (AvgIpc) is 2.37. The quantitative estimate of drug-likeness (QED) is 0.587. The number of nitrogen functional groups attached to an aromatic ring is 1. The van der Waals surface area contributed by atoms with Crippen molar-refractivity contribution in [1.82, 2.24) is 15.3 Å². The van der Waals surface area contributed by atoms with Gasteiger partial charge in [-0.2, -0.15) is 0 Å². The van der Waals surface area contributed by atoms with Crippen LogP contribution < -0.4 is 16.4 Å². The van der Waals surface area contributed by atoms with Crippen molar-refractivity contribution in [2.75, 3.05) is 17.6 Å². The molecule has 0 saturated carbocycles. The molecule has 1 aromatic rings. The molecule has 0 unspecified atom stereocenters. The van der Waals surface area contributed by atoms with Gasteiger partial charge in [-0.1, -0.05) is 11.6 Å². The number of nitrogens with zero attached hydrogens (tertiary/aromatic N) is 2. The number of carbonyl (C=O) groups is 2. The van der Waals surface area contributed by atoms with Crippen LogP contribution in [0.5, 0.6) is 0 Å². The van der Waals surface area contributed by atoms with Crippen LogP contribution in [0.4, 0.5) is 16.3 Å². The number of aromatic nitrogens is 2. The molecule has 0 bridgehead atoms. The van der Waals surface area contributed by atoms with Crippen molar-refractivity contribution in [2.45, 2.75) is 39.3 Å². The fraction of sp³-hybridized carbons (Fsp3) is 0.538. The van der Waals surface area contributed by atoms with Crippen molar-refractivity contribution in [2.24, 2.45) is 0 Å². The lowest BCUT2D eigenvalue weighted by atomic mass is 10.2. The first-order valence-corrected chi connectivity index (χ1v) is 7.13. The Morgan fingerprint density at radius 3 is 2.52 bits per heavy atom. The number of carbonyl (C=O) groups excluding carboxylic acids is 1. The molecular weight excluding hydrogens is 326 g/mol. The number of rotatable bonds is 5. The van der Waals surface area contributed by atoms with E-state index < -0.39 is 23.7 Å². The van der Waals surface area contributed by atoms with Gasteiger partial charge in [0.1, 0.15) is 23.2 Å². The van der Waals surface area contributed by atoms with Gasteiger partial charge in [-0.3, -0.25) is 0 Å². The zero-order valence-electron chi connectivity index (χ0n) is 13.3. The fourth-order valence-corrected chi connectivity index (χ4v) is 1.74. The van der Waals surface area contributed by atoms with Crippen LogP contribution in [0.2, 0.25) is 5.15 Å². The summed E-state index contributed by atoms with van der Waals surface area (Å²) in [6.45, 7) is 6.47. The van der Waals surface area contributed by atoms with Gasteiger partial charge in [0.2, 0.25) is 0 Å². The molecule has 23 heavy (non-hydrogen) atoms. The van der Waals surface area contributed by atoms with Crippen LogP contribution in [-0.2, 0) is 9.53 Å². The Balaban J connectivity index is 2.75. The molecule has 5 N–H and O–H groups in total. The van der Waals surface area contributed by atoms with Gasteiger partial charge in [0.15, 0.2) is 11.0 Å². The monoisotopic (exact) mass is 345 g/mol. The maximum absolute atomic E-state index is 11.7. The Morgan fingerprint density at radius 1 is 1.39 bits per heavy atom. The van der Waals surface area contributed by atoms with Crippen molar-refractivity contribution >= 4 is 35.2 Å². The van der Waals surface area contributed by atoms with E-state index in [4.69, 9.17) is 22.1 Å². The minimum atomic E-state index is -1.24. The predicted octanol–water partition coefficient (Wildman–Crippen LogP) is 1.41. The highest BCUT2D eigenvalue weighted by molar-refractivity contribution is 6.32. The minimum absolute atomic E-state index is 0.0620. The van der Waals surface area contributed by atoms with E-state index in [-0.39, 0.29) is 23.2 Å². The average molecular weight is 346 g/mol. The largest absolute Gasteiger partial charge is 0.480 e. The zero-order valence-corrected chi connectivity index (χ0v) is 14.1. The van der Waals surface area contributed by atoms with Gasteiger partial charge < -0.3 is 26.2 Å². The van der Waals surface area contributed by atoms with Crippen molar-refractivity contribution in [3.8, 4) is 0 Å². The van der Waals surface area contributed by atoms with E-state index in [0.29, 0.717) is 5.82 Å². The predicted molar refractivity (Wildman–Crippen MR) is 85.5 cm³/mol. The number of carboxylic acid groups (broad SMARTS) is 1. The number of hydrogen-bond donors (Lipinski definition) is 4. The molecule has 10 heteroatoms. The molecule has 0 aliphatic rings. The first-order chi connectivity index (χ1) is 10.5. The lowest BCUT2D eigenvalue weighted by Crippen LogP contribution is -2.47. The van der Waals surface area contributed by atoms with E-state index in [0.717, 1.165) is 0 Å². The number of halogens is 1. The van der Waals surface area contributed by atoms with Crippen LogP contribution in [0, 0.1) is 6.92 Å². The molecule has 0 aromatic carbocycles. The number of alkyl carbamates (subject to hydrolysis) is 1. The first-order valence-electron chi connectivity index (χ1n) is 6.75. The second-order valence-corrected chi connectivity index (χ2v) is 6.10. The van der Waals surface area contributed by atoms with Gasteiger partial charge >= 0.3 is 12.1 Å². The third-order valence-corrected chi connectivity index (χ3v) is 2.76. The van der Waals surface area contributed by atoms with Gasteiger partial charge in [0.25, 0.3) is 0 Å². The Hall–Kier alpha value is -2.29. The van der Waals surface area contributed by atoms with Crippen LogP contribution in [0.1, 0.15) is 26.6 Å². The molecule has 1 rings (SSSR count). The van der Waals surface area contributed by atoms with Gasteiger partial charge in [0.05, 0.1) is 0 Å². The molecule has 1 aromatic heterocycles. The summed E-state index contributed by atoms with van der Waals surface area (Å²) in [5.41, 5.74) is 5.08. The van der Waals surface area contributed by atoms with Crippen LogP contribution in [0.15, 0.2) is 0 Å². The van der Waals surface area contributed by atoms with Crippen molar-refractivity contribution < 1.29 is 19.4 Å². The number of hydrogen-bond acceptors (Lipinski definition) is 7. The normalized spacial score (nSPS) is 12.4. The number of anilines is 2. The molecular formula is C13H20ClN5O4. The van der Waals surface area contributed by atoms with E-state index in [1.54, 1.807) is 27.7 Å². The van der Waals surface area contributed by atoms with Crippen molar-refractivity contribution in [3.05, 3.63) is 11.0 Å². The molecule has 0 radical (unpaired) electrons. The van der Waals surface area contributed by atoms with Gasteiger partial charge in [-0.25, -0.2) is 19.6 Å². The summed E-state index contributed by atoms with van der Waals surface area (Å²) in [4.78, 5) is 30.8. The maximum atomic E-state index is 11.7. The van der Waals surface area contributed by atoms with Crippen molar-refractivity contribution in [1.29, 1.82) is 0 Å². The number of aryl methyl sites for hydroxylation is 1. The maximum Gasteiger partial charge on any atom is 0.408 e. The molecule has 1 amide bonds. The molecule has 0 saturated heterocycles. The molecule has 0 fully saturated rings. The van der Waals surface area contributed by atoms with E-state index in [1.165, 1.54) is 0 Å². The second-order valence-electron chi connectivity index (χ2n) is 5.74. The summed E-state index contributed by atoms with van der Waals surface area (Å²) in [7, 11) is 0. The highest BCUT2D eigenvalue weighted by Gasteiger charge is 2.24. The summed E-state index contributed by atoms with van der Waals surface area (Å²) in [6, 6.07) is -1.24. The summed E-state index contributed by atoms with van der Waals surface area (Å²) in [5.74, 6) is -0.669. The summed E-state index contributed by atoms with van der Waals surface area (Å²) >= 11 is 5.83. The molecule has 0 aliphatic carbocycles. The number of aliphatic carboxylic acids is 1. The Morgan fingerprint density at radius 2 is 2.00 bits per heavy atom. The van der Waals surface area contributed by atoms with Crippen LogP contribution in [0.3, 0.4) is 0 Å². The molecule has 1 heterocycles. The SMILES string of the molecule is Cc1nc(Cl)c(N)c(NC[C@H](NC(=O)OC(C)(C)C)C(=O)O)n1. The first kappa shape index (κ1) is 18.8. The molecule has 128 valence electrons. The Bertz CT molecular complexity index is 603. The van der Waals surface area contributed by atoms with Gasteiger partial charge in [-0.15, -0.1) is 0 Å². The standard InChI is InChI=1S/C13H20ClN5O4/c1-6-17-9(14)8(15)10(18-6)16-5-7(11(20)21)19-12(22)23-13(2,3)4/h7H,5,15H2,1-4H3,(H,19,22)(H,20,21)(H,16,17,18)/t7-/m0/s1. The fourth-order valence-electron chi connectivity index (χ4n) is 1.53. The summed E-state index contributed by atoms with van der Waals surface area (Å²) < 4.78 is 5.02. The lowest BCUT2D eigenvalue weighted by molar-refractivity contribution is -0.139. The molecule has 1 atom stereocenters. The number of nitrogens with two attached hydrogens (primary N) is 1. The van der Waals surface area contributed by atoms with E-state index in [9.17, 15) is 14.7 Å².